The molecule has 7 nitrogen and oxygen atoms in total. The molecule has 12 aromatic rings. The maximum Gasteiger partial charge on any atom is 0.241 e. The number of furan rings is 1. The molecule has 0 aliphatic heterocycles. The third-order valence-electron chi connectivity index (χ3n) is 14.0. The molecule has 0 atom stereocenters. The third-order valence-corrected chi connectivity index (χ3v) is 14.0. The van der Waals surface area contributed by atoms with E-state index >= 15 is 0 Å². The molecule has 8 heteroatoms. The molecule has 0 saturated carbocycles. The SMILES string of the molecule is CC(C)c1cc(-c2ccccc2)cc(C(C)C)c1-c1cc(-c2[c-]ccc(C#N)c2)nc(-c2[c-]ccc(C#N)c2)c1.Cc1cnc(-c2[c-]c(-n3[c-][n+](C)cc3)cc3c2oc2cc4ccc5ccccc5c4cc23)cc1C.[Ir]. The first-order chi connectivity index (χ1) is 36.4. The van der Waals surface area contributed by atoms with Gasteiger partial charge in [-0.25, -0.2) is 0 Å². The van der Waals surface area contributed by atoms with E-state index in [2.05, 4.69) is 187 Å². The summed E-state index contributed by atoms with van der Waals surface area (Å²) in [5, 5.41) is 26.0. The number of nitriles is 2. The number of hydrogen-bond donors (Lipinski definition) is 0. The number of imidazole rings is 1. The van der Waals surface area contributed by atoms with Gasteiger partial charge in [0.1, 0.15) is 5.58 Å². The van der Waals surface area contributed by atoms with E-state index in [4.69, 9.17) is 14.4 Å². The molecule has 1 radical (unpaired) electrons. The van der Waals surface area contributed by atoms with Crippen LogP contribution in [-0.4, -0.2) is 14.5 Å². The Bertz CT molecular complexity index is 4160. The van der Waals surface area contributed by atoms with E-state index in [0.29, 0.717) is 11.1 Å². The number of hydrogen-bond acceptors (Lipinski definition) is 5. The fourth-order valence-corrected chi connectivity index (χ4v) is 9.96. The van der Waals surface area contributed by atoms with Crippen molar-refractivity contribution in [3.05, 3.63) is 228 Å². The Hall–Kier alpha value is -8.78. The van der Waals surface area contributed by atoms with Crippen LogP contribution in [0.3, 0.4) is 0 Å². The molecule has 0 spiro atoms. The molecule has 0 saturated heterocycles. The fraction of sp³-hybridized carbons (Fsp3) is 0.132. The maximum atomic E-state index is 9.53. The minimum absolute atomic E-state index is 0. The van der Waals surface area contributed by atoms with Crippen molar-refractivity contribution in [2.24, 2.45) is 7.05 Å². The second kappa shape index (κ2) is 21.2. The van der Waals surface area contributed by atoms with Crippen molar-refractivity contribution in [2.45, 2.75) is 53.4 Å². The average molecular weight is 1160 g/mol. The number of rotatable bonds is 8. The van der Waals surface area contributed by atoms with Crippen LogP contribution in [0.5, 0.6) is 0 Å². The molecule has 0 amide bonds. The van der Waals surface area contributed by atoms with Crippen LogP contribution in [-0.2, 0) is 27.2 Å². The molecule has 8 aromatic carbocycles. The number of fused-ring (bicyclic) bond motifs is 6. The van der Waals surface area contributed by atoms with E-state index in [0.717, 1.165) is 77.9 Å². The molecule has 4 aromatic heterocycles. The smallest absolute Gasteiger partial charge is 0.241 e. The van der Waals surface area contributed by atoms with Gasteiger partial charge in [-0.05, 0) is 132 Å². The predicted molar refractivity (Wildman–Crippen MR) is 301 cm³/mol. The molecular formula is C68H51IrN6O-3. The number of benzene rings is 8. The quantitative estimate of drug-likeness (QED) is 0.0858. The van der Waals surface area contributed by atoms with Gasteiger partial charge in [-0.2, -0.15) is 10.5 Å². The summed E-state index contributed by atoms with van der Waals surface area (Å²) in [4.78, 5) is 9.73. The zero-order chi connectivity index (χ0) is 51.9. The molecule has 76 heavy (non-hydrogen) atoms. The summed E-state index contributed by atoms with van der Waals surface area (Å²) < 4.78 is 10.4. The Labute approximate surface area is 457 Å². The van der Waals surface area contributed by atoms with Crippen molar-refractivity contribution in [2.75, 3.05) is 0 Å². The van der Waals surface area contributed by atoms with Crippen LogP contribution < -0.4 is 4.57 Å². The maximum absolute atomic E-state index is 9.53. The van der Waals surface area contributed by atoms with Crippen LogP contribution in [0, 0.1) is 61.0 Å². The van der Waals surface area contributed by atoms with Gasteiger partial charge in [0, 0.05) is 44.1 Å². The second-order valence-electron chi connectivity index (χ2n) is 19.8. The Morgan fingerprint density at radius 3 is 1.87 bits per heavy atom. The molecule has 0 aliphatic carbocycles. The van der Waals surface area contributed by atoms with Crippen LogP contribution in [0.1, 0.15) is 72.9 Å². The molecule has 0 unspecified atom stereocenters. The zero-order valence-electron chi connectivity index (χ0n) is 43.2. The van der Waals surface area contributed by atoms with Crippen molar-refractivity contribution in [1.29, 1.82) is 10.5 Å². The second-order valence-corrected chi connectivity index (χ2v) is 19.8. The molecule has 4 heterocycles. The summed E-state index contributed by atoms with van der Waals surface area (Å²) in [6.07, 6.45) is 9.18. The topological polar surface area (TPSA) is 95.3 Å². The molecule has 0 aliphatic rings. The van der Waals surface area contributed by atoms with E-state index < -0.39 is 0 Å². The summed E-state index contributed by atoms with van der Waals surface area (Å²) in [5.41, 5.74) is 17.8. The number of aromatic nitrogens is 4. The van der Waals surface area contributed by atoms with Crippen LogP contribution in [0.2, 0.25) is 0 Å². The van der Waals surface area contributed by atoms with Gasteiger partial charge in [0.15, 0.2) is 0 Å². The van der Waals surface area contributed by atoms with E-state index in [1.54, 1.807) is 24.3 Å². The number of nitrogens with zero attached hydrogens (tertiary/aromatic N) is 6. The van der Waals surface area contributed by atoms with Gasteiger partial charge in [0.2, 0.25) is 6.33 Å². The normalized spacial score (nSPS) is 11.2. The molecule has 371 valence electrons. The Balaban J connectivity index is 0.000000172. The molecule has 0 bridgehead atoms. The number of aryl methyl sites for hydroxylation is 3. The first-order valence-electron chi connectivity index (χ1n) is 25.2. The Morgan fingerprint density at radius 1 is 0.605 bits per heavy atom. The standard InChI is InChI=1S/C37H29N3.C31H22N3O.Ir/c1-24(2)33-18-31(28-12-6-5-7-13-28)19-34(25(3)4)37(33)32-20-35(29-14-8-10-26(16-29)22-38)40-36(21-32)30-15-9-11-27(17-30)23-39;1-19-12-29(32-17-20(19)2)28-15-23(34-11-10-33(3)18-34)14-27-26-16-25-22(13-30(26)35-31(27)28)9-8-21-6-4-5-7-24(21)25;/h5-13,16-21,24-25H,1-4H3;4-14,16-17H,1-3H3;/q-2;-1;. The largest absolute Gasteiger partial charge is 0.501 e. The van der Waals surface area contributed by atoms with Crippen molar-refractivity contribution < 1.29 is 29.1 Å². The minimum Gasteiger partial charge on any atom is -0.501 e. The summed E-state index contributed by atoms with van der Waals surface area (Å²) in [6.45, 7) is 13.1. The van der Waals surface area contributed by atoms with Crippen LogP contribution in [0.25, 0.3) is 105 Å². The van der Waals surface area contributed by atoms with Crippen LogP contribution in [0.4, 0.5) is 0 Å². The zero-order valence-corrected chi connectivity index (χ0v) is 45.6. The monoisotopic (exact) mass is 1160 g/mol. The minimum atomic E-state index is 0. The van der Waals surface area contributed by atoms with Crippen molar-refractivity contribution in [1.82, 2.24) is 14.5 Å². The van der Waals surface area contributed by atoms with E-state index in [9.17, 15) is 10.5 Å². The summed E-state index contributed by atoms with van der Waals surface area (Å²) >= 11 is 0. The molecular weight excluding hydrogens is 1110 g/mol. The van der Waals surface area contributed by atoms with E-state index in [-0.39, 0.29) is 31.9 Å². The van der Waals surface area contributed by atoms with E-state index in [1.807, 2.05) is 53.0 Å². The Kier molecular flexibility index (Phi) is 14.2. The van der Waals surface area contributed by atoms with Crippen molar-refractivity contribution in [3.63, 3.8) is 0 Å². The van der Waals surface area contributed by atoms with Gasteiger partial charge in [0.05, 0.1) is 24.8 Å². The van der Waals surface area contributed by atoms with E-state index in [1.165, 1.54) is 49.5 Å². The summed E-state index contributed by atoms with van der Waals surface area (Å²) in [7, 11) is 1.96. The van der Waals surface area contributed by atoms with Crippen molar-refractivity contribution >= 4 is 43.5 Å². The van der Waals surface area contributed by atoms with Gasteiger partial charge in [-0.3, -0.25) is 0 Å². The number of pyridine rings is 2. The van der Waals surface area contributed by atoms with Gasteiger partial charge >= 0.3 is 0 Å². The van der Waals surface area contributed by atoms with Gasteiger partial charge < -0.3 is 23.5 Å². The molecule has 12 rings (SSSR count). The van der Waals surface area contributed by atoms with Crippen LogP contribution in [0.15, 0.2) is 175 Å². The average Bonchev–Trinajstić information content (AvgIpc) is 4.07. The van der Waals surface area contributed by atoms with Gasteiger partial charge in [-0.15, -0.1) is 71.8 Å². The summed E-state index contributed by atoms with van der Waals surface area (Å²) in [5.74, 6) is 0.552. The first kappa shape index (κ1) is 50.7. The van der Waals surface area contributed by atoms with Gasteiger partial charge in [-0.1, -0.05) is 141 Å². The predicted octanol–water partition coefficient (Wildman–Crippen LogP) is 16.1. The van der Waals surface area contributed by atoms with Gasteiger partial charge in [0.25, 0.3) is 0 Å². The fourth-order valence-electron chi connectivity index (χ4n) is 9.96. The van der Waals surface area contributed by atoms with Crippen molar-refractivity contribution in [3.8, 4) is 73.9 Å². The molecule has 0 fully saturated rings. The Morgan fingerprint density at radius 2 is 1.25 bits per heavy atom. The molecule has 0 N–H and O–H groups in total. The third kappa shape index (κ3) is 9.85. The first-order valence-corrected chi connectivity index (χ1v) is 25.2. The van der Waals surface area contributed by atoms with Crippen LogP contribution >= 0.6 is 0 Å². The summed E-state index contributed by atoms with van der Waals surface area (Å²) in [6, 6.07) is 66.0.